The van der Waals surface area contributed by atoms with Crippen LogP contribution in [0, 0.1) is 12.7 Å². The largest absolute Gasteiger partial charge is 0.288 e. The summed E-state index contributed by atoms with van der Waals surface area (Å²) in [6, 6.07) is 7.78. The summed E-state index contributed by atoms with van der Waals surface area (Å²) in [7, 11) is 0. The molecular formula is C12H9FOS. The molecule has 1 aromatic heterocycles. The summed E-state index contributed by atoms with van der Waals surface area (Å²) in [5.41, 5.74) is 0.726. The van der Waals surface area contributed by atoms with Gasteiger partial charge in [0, 0.05) is 10.4 Å². The Labute approximate surface area is 91.2 Å². The van der Waals surface area contributed by atoms with E-state index in [1.54, 1.807) is 18.2 Å². The van der Waals surface area contributed by atoms with Crippen molar-refractivity contribution in [1.82, 2.24) is 0 Å². The van der Waals surface area contributed by atoms with E-state index in [1.165, 1.54) is 23.5 Å². The van der Waals surface area contributed by atoms with Gasteiger partial charge in [0.15, 0.2) is 5.78 Å². The fraction of sp³-hybridized carbons (Fsp3) is 0.0833. The van der Waals surface area contributed by atoms with Crippen molar-refractivity contribution in [2.24, 2.45) is 0 Å². The van der Waals surface area contributed by atoms with E-state index in [0.29, 0.717) is 5.56 Å². The van der Waals surface area contributed by atoms with Crippen LogP contribution in [-0.2, 0) is 0 Å². The standard InChI is InChI=1S/C12H9FOS/c1-8-9(6-7-15-8)12(14)10-4-2-3-5-11(10)13/h2-7H,1H3. The minimum absolute atomic E-state index is 0.138. The third-order valence-electron chi connectivity index (χ3n) is 2.22. The molecule has 0 radical (unpaired) electrons. The van der Waals surface area contributed by atoms with Gasteiger partial charge in [0.05, 0.1) is 5.56 Å². The lowest BCUT2D eigenvalue weighted by molar-refractivity contribution is 0.103. The Morgan fingerprint density at radius 1 is 1.20 bits per heavy atom. The quantitative estimate of drug-likeness (QED) is 0.709. The maximum Gasteiger partial charge on any atom is 0.197 e. The summed E-state index contributed by atoms with van der Waals surface area (Å²) < 4.78 is 13.3. The number of hydrogen-bond donors (Lipinski definition) is 0. The molecule has 0 fully saturated rings. The molecule has 2 rings (SSSR count). The second-order valence-electron chi connectivity index (χ2n) is 3.20. The summed E-state index contributed by atoms with van der Waals surface area (Å²) in [5, 5.41) is 1.84. The van der Waals surface area contributed by atoms with E-state index < -0.39 is 5.82 Å². The highest BCUT2D eigenvalue weighted by Gasteiger charge is 2.15. The van der Waals surface area contributed by atoms with Crippen molar-refractivity contribution in [2.45, 2.75) is 6.92 Å². The van der Waals surface area contributed by atoms with E-state index in [4.69, 9.17) is 0 Å². The van der Waals surface area contributed by atoms with E-state index in [-0.39, 0.29) is 11.3 Å². The molecule has 1 aromatic carbocycles. The Morgan fingerprint density at radius 3 is 2.53 bits per heavy atom. The SMILES string of the molecule is Cc1sccc1C(=O)c1ccccc1F. The molecule has 3 heteroatoms. The van der Waals surface area contributed by atoms with Crippen LogP contribution in [0.1, 0.15) is 20.8 Å². The van der Waals surface area contributed by atoms with Gasteiger partial charge in [0.2, 0.25) is 0 Å². The van der Waals surface area contributed by atoms with Crippen molar-refractivity contribution in [2.75, 3.05) is 0 Å². The first-order valence-electron chi connectivity index (χ1n) is 4.53. The molecule has 76 valence electrons. The lowest BCUT2D eigenvalue weighted by atomic mass is 10.0. The second kappa shape index (κ2) is 3.95. The normalized spacial score (nSPS) is 10.3. The smallest absolute Gasteiger partial charge is 0.197 e. The Bertz CT molecular complexity index is 502. The number of ketones is 1. The van der Waals surface area contributed by atoms with Gasteiger partial charge < -0.3 is 0 Å². The number of carbonyl (C=O) groups excluding carboxylic acids is 1. The minimum atomic E-state index is -0.465. The van der Waals surface area contributed by atoms with Gasteiger partial charge in [0.1, 0.15) is 5.82 Å². The van der Waals surface area contributed by atoms with Gasteiger partial charge in [-0.25, -0.2) is 4.39 Å². The summed E-state index contributed by atoms with van der Waals surface area (Å²) in [6.07, 6.45) is 0. The summed E-state index contributed by atoms with van der Waals surface area (Å²) in [6.45, 7) is 1.86. The number of rotatable bonds is 2. The summed E-state index contributed by atoms with van der Waals surface area (Å²) in [4.78, 5) is 12.8. The first-order valence-corrected chi connectivity index (χ1v) is 5.41. The fourth-order valence-electron chi connectivity index (χ4n) is 1.41. The van der Waals surface area contributed by atoms with Crippen molar-refractivity contribution < 1.29 is 9.18 Å². The van der Waals surface area contributed by atoms with Crippen LogP contribution in [0.5, 0.6) is 0 Å². The number of carbonyl (C=O) groups is 1. The molecule has 0 saturated heterocycles. The van der Waals surface area contributed by atoms with Gasteiger partial charge in [-0.2, -0.15) is 0 Å². The highest BCUT2D eigenvalue weighted by Crippen LogP contribution is 2.20. The van der Waals surface area contributed by atoms with Gasteiger partial charge in [-0.1, -0.05) is 12.1 Å². The highest BCUT2D eigenvalue weighted by atomic mass is 32.1. The molecule has 0 aliphatic carbocycles. The molecule has 0 bridgehead atoms. The summed E-state index contributed by atoms with van der Waals surface area (Å²) in [5.74, 6) is -0.708. The number of hydrogen-bond acceptors (Lipinski definition) is 2. The molecule has 0 unspecified atom stereocenters. The second-order valence-corrected chi connectivity index (χ2v) is 4.32. The van der Waals surface area contributed by atoms with Gasteiger partial charge in [-0.3, -0.25) is 4.79 Å². The van der Waals surface area contributed by atoms with Crippen molar-refractivity contribution in [3.63, 3.8) is 0 Å². The predicted molar refractivity (Wildman–Crippen MR) is 58.9 cm³/mol. The van der Waals surface area contributed by atoms with Gasteiger partial charge in [0.25, 0.3) is 0 Å². The van der Waals surface area contributed by atoms with Crippen molar-refractivity contribution >= 4 is 17.1 Å². The molecule has 0 atom stereocenters. The van der Waals surface area contributed by atoms with Crippen LogP contribution >= 0.6 is 11.3 Å². The molecule has 1 nitrogen and oxygen atoms in total. The summed E-state index contributed by atoms with van der Waals surface area (Å²) >= 11 is 1.49. The zero-order valence-corrected chi connectivity index (χ0v) is 8.98. The lowest BCUT2D eigenvalue weighted by Gasteiger charge is -2.01. The fourth-order valence-corrected chi connectivity index (χ4v) is 2.11. The molecule has 2 aromatic rings. The average Bonchev–Trinajstić information content (AvgIpc) is 2.64. The number of halogens is 1. The van der Waals surface area contributed by atoms with Crippen LogP contribution in [0.25, 0.3) is 0 Å². The van der Waals surface area contributed by atoms with E-state index in [9.17, 15) is 9.18 Å². The van der Waals surface area contributed by atoms with Crippen LogP contribution in [0.15, 0.2) is 35.7 Å². The van der Waals surface area contributed by atoms with E-state index in [2.05, 4.69) is 0 Å². The number of thiophene rings is 1. The van der Waals surface area contributed by atoms with Crippen LogP contribution in [-0.4, -0.2) is 5.78 Å². The molecule has 0 saturated carbocycles. The van der Waals surface area contributed by atoms with Crippen LogP contribution < -0.4 is 0 Å². The van der Waals surface area contributed by atoms with E-state index in [0.717, 1.165) is 4.88 Å². The molecule has 0 N–H and O–H groups in total. The lowest BCUT2D eigenvalue weighted by Crippen LogP contribution is -2.03. The molecular weight excluding hydrogens is 211 g/mol. The molecule has 0 aliphatic rings. The van der Waals surface area contributed by atoms with Gasteiger partial charge in [-0.15, -0.1) is 11.3 Å². The third kappa shape index (κ3) is 1.83. The predicted octanol–water partition coefficient (Wildman–Crippen LogP) is 3.43. The van der Waals surface area contributed by atoms with Crippen LogP contribution in [0.4, 0.5) is 4.39 Å². The molecule has 0 spiro atoms. The Balaban J connectivity index is 2.46. The minimum Gasteiger partial charge on any atom is -0.288 e. The first-order chi connectivity index (χ1) is 7.20. The maximum absolute atomic E-state index is 13.3. The molecule has 15 heavy (non-hydrogen) atoms. The van der Waals surface area contributed by atoms with Crippen molar-refractivity contribution in [3.05, 3.63) is 57.5 Å². The molecule has 0 aliphatic heterocycles. The topological polar surface area (TPSA) is 17.1 Å². The molecule has 0 amide bonds. The van der Waals surface area contributed by atoms with Gasteiger partial charge in [-0.05, 0) is 30.5 Å². The van der Waals surface area contributed by atoms with Gasteiger partial charge >= 0.3 is 0 Å². The van der Waals surface area contributed by atoms with E-state index >= 15 is 0 Å². The zero-order valence-electron chi connectivity index (χ0n) is 8.16. The Hall–Kier alpha value is -1.48. The number of benzene rings is 1. The monoisotopic (exact) mass is 220 g/mol. The molecule has 1 heterocycles. The van der Waals surface area contributed by atoms with Crippen molar-refractivity contribution in [3.8, 4) is 0 Å². The van der Waals surface area contributed by atoms with Crippen LogP contribution in [0.2, 0.25) is 0 Å². The first kappa shape index (κ1) is 10.1. The number of aryl methyl sites for hydroxylation is 1. The van der Waals surface area contributed by atoms with Crippen molar-refractivity contribution in [1.29, 1.82) is 0 Å². The van der Waals surface area contributed by atoms with E-state index in [1.807, 2.05) is 12.3 Å². The average molecular weight is 220 g/mol. The third-order valence-corrected chi connectivity index (χ3v) is 3.07. The maximum atomic E-state index is 13.3. The van der Waals surface area contributed by atoms with Crippen LogP contribution in [0.3, 0.4) is 0 Å². The highest BCUT2D eigenvalue weighted by molar-refractivity contribution is 7.10. The Morgan fingerprint density at radius 2 is 1.93 bits per heavy atom. The Kier molecular flexibility index (Phi) is 2.64. The zero-order chi connectivity index (χ0) is 10.8.